The fourth-order valence-electron chi connectivity index (χ4n) is 3.53. The third kappa shape index (κ3) is 6.95. The molecule has 0 bridgehead atoms. The summed E-state index contributed by atoms with van der Waals surface area (Å²) in [5.74, 6) is 2.74. The maximum atomic E-state index is 12.4. The van der Waals surface area contributed by atoms with Crippen molar-refractivity contribution >= 4 is 6.03 Å². The number of amides is 2. The summed E-state index contributed by atoms with van der Waals surface area (Å²) in [6, 6.07) is 11.2. The number of carbonyl (C=O) groups is 1. The predicted octanol–water partition coefficient (Wildman–Crippen LogP) is 4.03. The molecule has 32 heavy (non-hydrogen) atoms. The lowest BCUT2D eigenvalue weighted by Crippen LogP contribution is -2.41. The van der Waals surface area contributed by atoms with Crippen LogP contribution in [0.15, 0.2) is 36.4 Å². The molecule has 0 aliphatic heterocycles. The van der Waals surface area contributed by atoms with Gasteiger partial charge in [0.1, 0.15) is 0 Å². The molecule has 0 aliphatic rings. The highest BCUT2D eigenvalue weighted by molar-refractivity contribution is 5.72. The molecule has 8 nitrogen and oxygen atoms in total. The van der Waals surface area contributed by atoms with Crippen LogP contribution in [-0.4, -0.2) is 69.8 Å². The Morgan fingerprint density at radius 2 is 1.16 bits per heavy atom. The number of urea groups is 1. The van der Waals surface area contributed by atoms with E-state index >= 15 is 0 Å². The molecule has 0 fully saturated rings. The maximum Gasteiger partial charge on any atom is 0.343 e. The van der Waals surface area contributed by atoms with Gasteiger partial charge >= 0.3 is 6.03 Å². The first-order valence-corrected chi connectivity index (χ1v) is 10.6. The van der Waals surface area contributed by atoms with Crippen LogP contribution in [0.3, 0.4) is 0 Å². The van der Waals surface area contributed by atoms with Crippen LogP contribution in [0, 0.1) is 0 Å². The average molecular weight is 447 g/mol. The number of ether oxygens (including phenoxy) is 4. The molecule has 176 valence electrons. The van der Waals surface area contributed by atoms with Gasteiger partial charge in [-0.2, -0.15) is 0 Å². The van der Waals surface area contributed by atoms with E-state index in [1.807, 2.05) is 36.4 Å². The van der Waals surface area contributed by atoms with Gasteiger partial charge in [-0.05, 0) is 61.1 Å². The highest BCUT2D eigenvalue weighted by Crippen LogP contribution is 2.29. The van der Waals surface area contributed by atoms with E-state index in [-0.39, 0.29) is 0 Å². The van der Waals surface area contributed by atoms with Gasteiger partial charge in [0.15, 0.2) is 23.0 Å². The van der Waals surface area contributed by atoms with Crippen molar-refractivity contribution in [1.29, 1.82) is 0 Å². The van der Waals surface area contributed by atoms with Gasteiger partial charge in [0.2, 0.25) is 0 Å². The molecule has 0 aromatic heterocycles. The molecule has 2 rings (SSSR count). The molecule has 0 heterocycles. The molecule has 1 N–H and O–H groups in total. The second-order valence-electron chi connectivity index (χ2n) is 7.38. The lowest BCUT2D eigenvalue weighted by molar-refractivity contribution is -0.0337. The number of nitrogens with zero attached hydrogens (tertiary/aromatic N) is 2. The van der Waals surface area contributed by atoms with Gasteiger partial charge in [0.25, 0.3) is 0 Å². The van der Waals surface area contributed by atoms with Gasteiger partial charge in [0.05, 0.1) is 28.4 Å². The van der Waals surface area contributed by atoms with Gasteiger partial charge in [-0.15, -0.1) is 0 Å². The lowest BCUT2D eigenvalue weighted by Gasteiger charge is -2.25. The van der Waals surface area contributed by atoms with Gasteiger partial charge in [-0.1, -0.05) is 12.1 Å². The van der Waals surface area contributed by atoms with Gasteiger partial charge < -0.3 is 23.8 Å². The minimum atomic E-state index is -0.412. The molecule has 0 saturated carbocycles. The van der Waals surface area contributed by atoms with E-state index in [1.165, 1.54) is 7.05 Å². The van der Waals surface area contributed by atoms with Gasteiger partial charge in [-0.3, -0.25) is 5.21 Å². The minimum Gasteiger partial charge on any atom is -0.493 e. The quantitative estimate of drug-likeness (QED) is 0.392. The number of hydrogen-bond donors (Lipinski definition) is 1. The number of benzene rings is 2. The Labute approximate surface area is 190 Å². The first-order valence-electron chi connectivity index (χ1n) is 10.6. The molecule has 2 aromatic carbocycles. The molecule has 2 aromatic rings. The first-order chi connectivity index (χ1) is 15.4. The molecular formula is C24H34N2O6. The second kappa shape index (κ2) is 12.7. The van der Waals surface area contributed by atoms with Crippen molar-refractivity contribution in [3.05, 3.63) is 47.5 Å². The highest BCUT2D eigenvalue weighted by Gasteiger charge is 2.16. The van der Waals surface area contributed by atoms with E-state index in [0.717, 1.165) is 36.8 Å². The molecule has 0 aliphatic carbocycles. The van der Waals surface area contributed by atoms with Gasteiger partial charge in [0, 0.05) is 20.1 Å². The molecule has 0 unspecified atom stereocenters. The van der Waals surface area contributed by atoms with Crippen LogP contribution < -0.4 is 18.9 Å². The zero-order chi connectivity index (χ0) is 23.5. The first kappa shape index (κ1) is 25.1. The van der Waals surface area contributed by atoms with Crippen molar-refractivity contribution < 1.29 is 28.9 Å². The number of hydroxylamine groups is 2. The topological polar surface area (TPSA) is 80.7 Å². The fourth-order valence-corrected chi connectivity index (χ4v) is 3.53. The normalized spacial score (nSPS) is 10.4. The highest BCUT2D eigenvalue weighted by atomic mass is 16.5. The van der Waals surface area contributed by atoms with Crippen molar-refractivity contribution in [1.82, 2.24) is 9.96 Å². The largest absolute Gasteiger partial charge is 0.493 e. The van der Waals surface area contributed by atoms with Crippen LogP contribution in [0.1, 0.15) is 24.0 Å². The Kier molecular flexibility index (Phi) is 9.94. The summed E-state index contributed by atoms with van der Waals surface area (Å²) in [7, 11) is 7.77. The van der Waals surface area contributed by atoms with E-state index in [1.54, 1.807) is 33.3 Å². The lowest BCUT2D eigenvalue weighted by atomic mass is 10.1. The second-order valence-corrected chi connectivity index (χ2v) is 7.38. The van der Waals surface area contributed by atoms with Crippen molar-refractivity contribution in [2.45, 2.75) is 25.7 Å². The van der Waals surface area contributed by atoms with Crippen LogP contribution >= 0.6 is 0 Å². The third-order valence-electron chi connectivity index (χ3n) is 5.23. The summed E-state index contributed by atoms with van der Waals surface area (Å²) < 4.78 is 21.3. The van der Waals surface area contributed by atoms with Crippen molar-refractivity contribution in [3.63, 3.8) is 0 Å². The molecule has 0 spiro atoms. The number of hydrogen-bond acceptors (Lipinski definition) is 6. The number of aryl methyl sites for hydroxylation is 2. The summed E-state index contributed by atoms with van der Waals surface area (Å²) in [4.78, 5) is 14.1. The molecule has 0 atom stereocenters. The van der Waals surface area contributed by atoms with Crippen molar-refractivity contribution in [2.24, 2.45) is 0 Å². The van der Waals surface area contributed by atoms with E-state index < -0.39 is 6.03 Å². The standard InChI is InChI=1S/C24H34N2O6/c1-25(28)24(27)26(14-6-8-18-10-12-20(29-2)22(16-18)31-4)15-7-9-19-11-13-21(30-3)23(17-19)32-5/h10-13,16-17,28H,6-9,14-15H2,1-5H3. The number of methoxy groups -OCH3 is 4. The van der Waals surface area contributed by atoms with Crippen LogP contribution in [0.2, 0.25) is 0 Å². The number of rotatable bonds is 12. The van der Waals surface area contributed by atoms with Crippen LogP contribution in [-0.2, 0) is 12.8 Å². The monoisotopic (exact) mass is 446 g/mol. The summed E-state index contributed by atoms with van der Waals surface area (Å²) in [6.45, 7) is 1.06. The SMILES string of the molecule is COc1ccc(CCCN(CCCc2ccc(OC)c(OC)c2)C(=O)N(C)O)cc1OC. The Morgan fingerprint density at radius 1 is 0.750 bits per heavy atom. The summed E-state index contributed by atoms with van der Waals surface area (Å²) >= 11 is 0. The fraction of sp³-hybridized carbons (Fsp3) is 0.458. The summed E-state index contributed by atoms with van der Waals surface area (Å²) in [6.07, 6.45) is 3.06. The third-order valence-corrected chi connectivity index (χ3v) is 5.23. The van der Waals surface area contributed by atoms with E-state index in [9.17, 15) is 10.0 Å². The van der Waals surface area contributed by atoms with E-state index in [2.05, 4.69) is 0 Å². The Hall–Kier alpha value is -3.13. The molecule has 0 saturated heterocycles. The zero-order valence-corrected chi connectivity index (χ0v) is 19.6. The Bertz CT molecular complexity index is 810. The van der Waals surface area contributed by atoms with Crippen LogP contribution in [0.4, 0.5) is 4.79 Å². The van der Waals surface area contributed by atoms with Crippen LogP contribution in [0.5, 0.6) is 23.0 Å². The smallest absolute Gasteiger partial charge is 0.343 e. The average Bonchev–Trinajstić information content (AvgIpc) is 2.82. The van der Waals surface area contributed by atoms with Crippen molar-refractivity contribution in [3.8, 4) is 23.0 Å². The Morgan fingerprint density at radius 3 is 1.50 bits per heavy atom. The van der Waals surface area contributed by atoms with Gasteiger partial charge in [-0.25, -0.2) is 9.86 Å². The summed E-state index contributed by atoms with van der Waals surface area (Å²) in [5, 5.41) is 10.3. The Balaban J connectivity index is 1.93. The zero-order valence-electron chi connectivity index (χ0n) is 19.6. The van der Waals surface area contributed by atoms with E-state index in [0.29, 0.717) is 41.2 Å². The van der Waals surface area contributed by atoms with E-state index in [4.69, 9.17) is 18.9 Å². The minimum absolute atomic E-state index is 0.412. The van der Waals surface area contributed by atoms with Crippen molar-refractivity contribution in [2.75, 3.05) is 48.6 Å². The molecular weight excluding hydrogens is 412 g/mol. The molecule has 2 amide bonds. The van der Waals surface area contributed by atoms with Crippen LogP contribution in [0.25, 0.3) is 0 Å². The predicted molar refractivity (Wildman–Crippen MR) is 122 cm³/mol. The molecule has 0 radical (unpaired) electrons. The maximum absolute atomic E-state index is 12.4. The number of carbonyl (C=O) groups excluding carboxylic acids is 1. The molecule has 8 heteroatoms. The summed E-state index contributed by atoms with van der Waals surface area (Å²) in [5.41, 5.74) is 2.19.